The van der Waals surface area contributed by atoms with Crippen molar-refractivity contribution in [2.45, 2.75) is 6.54 Å². The molecule has 1 aromatic carbocycles. The van der Waals surface area contributed by atoms with Crippen molar-refractivity contribution < 1.29 is 15.0 Å². The van der Waals surface area contributed by atoms with E-state index < -0.39 is 0 Å². The van der Waals surface area contributed by atoms with E-state index in [1.807, 2.05) is 41.2 Å². The Bertz CT molecular complexity index is 688. The molecule has 0 atom stereocenters. The number of rotatable bonds is 3. The third kappa shape index (κ3) is 2.70. The van der Waals surface area contributed by atoms with Crippen LogP contribution in [0.5, 0.6) is 0 Å². The molecular formula is C14H15N3O3. The van der Waals surface area contributed by atoms with Crippen molar-refractivity contribution >= 4 is 17.4 Å². The van der Waals surface area contributed by atoms with Crippen molar-refractivity contribution in [1.82, 2.24) is 14.5 Å². The summed E-state index contributed by atoms with van der Waals surface area (Å²) < 4.78 is 1.96. The Morgan fingerprint density at radius 1 is 1.35 bits per heavy atom. The van der Waals surface area contributed by atoms with Gasteiger partial charge in [-0.2, -0.15) is 0 Å². The number of aromatic amines is 1. The third-order valence-corrected chi connectivity index (χ3v) is 2.89. The lowest BCUT2D eigenvalue weighted by molar-refractivity contribution is -0.122. The number of aliphatic hydroxyl groups excluding tert-OH is 1. The maximum absolute atomic E-state index is 9.03. The second kappa shape index (κ2) is 6.53. The van der Waals surface area contributed by atoms with Crippen LogP contribution in [-0.4, -0.2) is 37.8 Å². The fourth-order valence-corrected chi connectivity index (χ4v) is 2.12. The molecule has 0 aliphatic heterocycles. The lowest BCUT2D eigenvalue weighted by Crippen LogP contribution is -2.02. The minimum absolute atomic E-state index is 0.118. The molecule has 0 amide bonds. The van der Waals surface area contributed by atoms with E-state index in [0.717, 1.165) is 22.3 Å². The van der Waals surface area contributed by atoms with Gasteiger partial charge in [0, 0.05) is 41.6 Å². The number of aromatic nitrogens is 3. The van der Waals surface area contributed by atoms with Gasteiger partial charge in [-0.3, -0.25) is 4.79 Å². The molecule has 2 heterocycles. The number of hydrogen-bond donors (Lipinski definition) is 3. The van der Waals surface area contributed by atoms with Gasteiger partial charge in [-0.25, -0.2) is 4.98 Å². The summed E-state index contributed by atoms with van der Waals surface area (Å²) in [5, 5.41) is 17.1. The molecule has 2 aromatic heterocycles. The summed E-state index contributed by atoms with van der Waals surface area (Å²) in [6, 6.07) is 8.14. The maximum atomic E-state index is 9.03. The molecule has 3 aromatic rings. The van der Waals surface area contributed by atoms with Gasteiger partial charge in [-0.05, 0) is 12.1 Å². The number of carboxylic acid groups (broad SMARTS) is 1. The maximum Gasteiger partial charge on any atom is 0.290 e. The summed E-state index contributed by atoms with van der Waals surface area (Å²) in [4.78, 5) is 15.9. The van der Waals surface area contributed by atoms with Crippen LogP contribution in [0.3, 0.4) is 0 Å². The molecule has 3 rings (SSSR count). The fourth-order valence-electron chi connectivity index (χ4n) is 2.12. The van der Waals surface area contributed by atoms with Crippen molar-refractivity contribution in [2.24, 2.45) is 0 Å². The Morgan fingerprint density at radius 3 is 2.90 bits per heavy atom. The Kier molecular flexibility index (Phi) is 4.52. The van der Waals surface area contributed by atoms with Gasteiger partial charge in [0.15, 0.2) is 0 Å². The minimum Gasteiger partial charge on any atom is -0.483 e. The van der Waals surface area contributed by atoms with Crippen LogP contribution in [0, 0.1) is 0 Å². The van der Waals surface area contributed by atoms with Gasteiger partial charge in [0.1, 0.15) is 5.82 Å². The first-order valence-corrected chi connectivity index (χ1v) is 6.08. The number of hydrogen-bond acceptors (Lipinski definition) is 3. The molecule has 20 heavy (non-hydrogen) atoms. The van der Waals surface area contributed by atoms with Gasteiger partial charge in [-0.1, -0.05) is 12.1 Å². The summed E-state index contributed by atoms with van der Waals surface area (Å²) in [7, 11) is 0. The van der Waals surface area contributed by atoms with Crippen molar-refractivity contribution in [2.75, 3.05) is 6.61 Å². The first-order chi connectivity index (χ1) is 9.81. The second-order valence-electron chi connectivity index (χ2n) is 4.02. The molecular weight excluding hydrogens is 258 g/mol. The molecule has 0 saturated carbocycles. The highest BCUT2D eigenvalue weighted by Crippen LogP contribution is 2.26. The standard InChI is InChI=1S/C13H13N3O.CH2O2/c17-9-8-16-7-6-15-13(16)11-2-1-3-12-10(11)4-5-14-12;2-1-3/h1-7,14,17H,8-9H2;1H,(H,2,3). The number of carbonyl (C=O) groups is 1. The molecule has 0 radical (unpaired) electrons. The first-order valence-electron chi connectivity index (χ1n) is 6.08. The van der Waals surface area contributed by atoms with Crippen LogP contribution in [0.25, 0.3) is 22.3 Å². The van der Waals surface area contributed by atoms with Gasteiger partial charge in [-0.15, -0.1) is 0 Å². The minimum atomic E-state index is -0.250. The van der Waals surface area contributed by atoms with Crippen LogP contribution in [0.1, 0.15) is 0 Å². The third-order valence-electron chi connectivity index (χ3n) is 2.89. The van der Waals surface area contributed by atoms with Gasteiger partial charge < -0.3 is 19.8 Å². The monoisotopic (exact) mass is 273 g/mol. The van der Waals surface area contributed by atoms with Crippen LogP contribution >= 0.6 is 0 Å². The number of fused-ring (bicyclic) bond motifs is 1. The molecule has 0 spiro atoms. The van der Waals surface area contributed by atoms with Crippen LogP contribution in [0.2, 0.25) is 0 Å². The zero-order valence-electron chi connectivity index (χ0n) is 10.7. The molecule has 6 nitrogen and oxygen atoms in total. The quantitative estimate of drug-likeness (QED) is 0.634. The number of nitrogens with zero attached hydrogens (tertiary/aromatic N) is 2. The number of H-pyrrole nitrogens is 1. The fraction of sp³-hybridized carbons (Fsp3) is 0.143. The summed E-state index contributed by atoms with van der Waals surface area (Å²) in [5.74, 6) is 0.893. The highest BCUT2D eigenvalue weighted by Gasteiger charge is 2.09. The SMILES string of the molecule is O=CO.OCCn1ccnc1-c1cccc2[nH]ccc12. The van der Waals surface area contributed by atoms with E-state index in [2.05, 4.69) is 9.97 Å². The largest absolute Gasteiger partial charge is 0.483 e. The zero-order chi connectivity index (χ0) is 14.4. The van der Waals surface area contributed by atoms with Crippen LogP contribution < -0.4 is 0 Å². The van der Waals surface area contributed by atoms with E-state index in [4.69, 9.17) is 15.0 Å². The summed E-state index contributed by atoms with van der Waals surface area (Å²) >= 11 is 0. The van der Waals surface area contributed by atoms with Crippen LogP contribution in [0.15, 0.2) is 42.9 Å². The second-order valence-corrected chi connectivity index (χ2v) is 4.02. The van der Waals surface area contributed by atoms with E-state index in [9.17, 15) is 0 Å². The molecule has 0 aliphatic rings. The smallest absolute Gasteiger partial charge is 0.290 e. The number of aliphatic hydroxyl groups is 1. The predicted octanol–water partition coefficient (Wildman–Crippen LogP) is 1.72. The average molecular weight is 273 g/mol. The molecule has 0 bridgehead atoms. The van der Waals surface area contributed by atoms with Crippen molar-refractivity contribution in [3.8, 4) is 11.4 Å². The van der Waals surface area contributed by atoms with E-state index in [1.54, 1.807) is 6.20 Å². The highest BCUT2D eigenvalue weighted by molar-refractivity contribution is 5.93. The molecule has 0 fully saturated rings. The Morgan fingerprint density at radius 2 is 2.15 bits per heavy atom. The zero-order valence-corrected chi connectivity index (χ0v) is 10.7. The Balaban J connectivity index is 0.000000452. The Hall–Kier alpha value is -2.60. The summed E-state index contributed by atoms with van der Waals surface area (Å²) in [6.45, 7) is 0.433. The number of benzene rings is 1. The summed E-state index contributed by atoms with van der Waals surface area (Å²) in [6.07, 6.45) is 5.57. The molecule has 0 unspecified atom stereocenters. The molecule has 0 aliphatic carbocycles. The van der Waals surface area contributed by atoms with E-state index in [1.165, 1.54) is 0 Å². The van der Waals surface area contributed by atoms with Gasteiger partial charge in [0.25, 0.3) is 6.47 Å². The normalized spacial score (nSPS) is 10.1. The molecule has 3 N–H and O–H groups in total. The molecule has 6 heteroatoms. The molecule has 0 saturated heterocycles. The first kappa shape index (κ1) is 13.8. The van der Waals surface area contributed by atoms with Gasteiger partial charge in [0.05, 0.1) is 6.61 Å². The van der Waals surface area contributed by atoms with Crippen LogP contribution in [-0.2, 0) is 11.3 Å². The van der Waals surface area contributed by atoms with Crippen molar-refractivity contribution in [1.29, 1.82) is 0 Å². The van der Waals surface area contributed by atoms with Crippen molar-refractivity contribution in [3.63, 3.8) is 0 Å². The van der Waals surface area contributed by atoms with E-state index in [0.29, 0.717) is 6.54 Å². The van der Waals surface area contributed by atoms with Gasteiger partial charge in [0.2, 0.25) is 0 Å². The lowest BCUT2D eigenvalue weighted by Gasteiger charge is -2.07. The number of nitrogens with one attached hydrogen (secondary N) is 1. The highest BCUT2D eigenvalue weighted by atomic mass is 16.3. The van der Waals surface area contributed by atoms with E-state index >= 15 is 0 Å². The summed E-state index contributed by atoms with van der Waals surface area (Å²) in [5.41, 5.74) is 2.18. The van der Waals surface area contributed by atoms with Crippen molar-refractivity contribution in [3.05, 3.63) is 42.9 Å². The number of imidazole rings is 1. The Labute approximate surface area is 115 Å². The van der Waals surface area contributed by atoms with Crippen LogP contribution in [0.4, 0.5) is 0 Å². The van der Waals surface area contributed by atoms with E-state index in [-0.39, 0.29) is 13.1 Å². The van der Waals surface area contributed by atoms with Gasteiger partial charge >= 0.3 is 0 Å². The average Bonchev–Trinajstić information content (AvgIpc) is 3.08. The topological polar surface area (TPSA) is 91.1 Å². The lowest BCUT2D eigenvalue weighted by atomic mass is 10.1. The predicted molar refractivity (Wildman–Crippen MR) is 75.3 cm³/mol. The molecule has 104 valence electrons.